The van der Waals surface area contributed by atoms with Gasteiger partial charge in [-0.1, -0.05) is 44.2 Å². The fourth-order valence-corrected chi connectivity index (χ4v) is 3.92. The number of allylic oxidation sites excluding steroid dienone is 3. The molecule has 0 aliphatic carbocycles. The van der Waals surface area contributed by atoms with Gasteiger partial charge in [-0.25, -0.2) is 9.79 Å². The van der Waals surface area contributed by atoms with Gasteiger partial charge in [0, 0.05) is 43.0 Å². The first-order valence-electron chi connectivity index (χ1n) is 11.4. The third kappa shape index (κ3) is 7.22. The van der Waals surface area contributed by atoms with Crippen molar-refractivity contribution in [3.8, 4) is 0 Å². The van der Waals surface area contributed by atoms with Crippen molar-refractivity contribution in [1.82, 2.24) is 15.5 Å². The van der Waals surface area contributed by atoms with E-state index in [1.54, 1.807) is 25.3 Å². The Kier molecular flexibility index (Phi) is 9.50. The molecule has 0 atom stereocenters. The summed E-state index contributed by atoms with van der Waals surface area (Å²) in [7, 11) is 1.79. The van der Waals surface area contributed by atoms with E-state index in [1.807, 2.05) is 26.0 Å². The Balaban J connectivity index is 2.47. The Labute approximate surface area is 207 Å². The van der Waals surface area contributed by atoms with Crippen LogP contribution in [0.4, 0.5) is 5.69 Å². The van der Waals surface area contributed by atoms with Crippen molar-refractivity contribution < 1.29 is 9.90 Å². The first kappa shape index (κ1) is 27.2. The molecule has 1 aromatic rings. The Morgan fingerprint density at radius 3 is 2.56 bits per heavy atom. The maximum atomic E-state index is 11.4. The fourth-order valence-electron chi connectivity index (χ4n) is 3.68. The van der Waals surface area contributed by atoms with E-state index in [1.165, 1.54) is 0 Å². The van der Waals surface area contributed by atoms with Crippen LogP contribution in [0.2, 0.25) is 5.02 Å². The zero-order valence-corrected chi connectivity index (χ0v) is 21.5. The molecule has 0 radical (unpaired) electrons. The van der Waals surface area contributed by atoms with Crippen molar-refractivity contribution in [3.05, 3.63) is 58.8 Å². The Morgan fingerprint density at radius 2 is 2.00 bits per heavy atom. The number of nitrogens with zero attached hydrogens (tertiary/aromatic N) is 2. The summed E-state index contributed by atoms with van der Waals surface area (Å²) in [5, 5.41) is 23.9. The van der Waals surface area contributed by atoms with E-state index < -0.39 is 11.7 Å². The Hall–Kier alpha value is -3.06. The Morgan fingerprint density at radius 1 is 1.35 bits per heavy atom. The maximum absolute atomic E-state index is 11.4. The summed E-state index contributed by atoms with van der Waals surface area (Å²) in [6.07, 6.45) is 7.22. The lowest BCUT2D eigenvalue weighted by Crippen LogP contribution is -2.40. The van der Waals surface area contributed by atoms with Gasteiger partial charge >= 0.3 is 5.97 Å². The summed E-state index contributed by atoms with van der Waals surface area (Å²) in [5.74, 6) is -0.395. The molecule has 7 nitrogen and oxygen atoms in total. The Bertz CT molecular complexity index is 1030. The second-order valence-corrected chi connectivity index (χ2v) is 9.58. The van der Waals surface area contributed by atoms with Gasteiger partial charge in [-0.15, -0.1) is 0 Å². The number of carboxylic acids is 1. The van der Waals surface area contributed by atoms with Gasteiger partial charge in [0.15, 0.2) is 5.71 Å². The molecule has 1 aliphatic rings. The van der Waals surface area contributed by atoms with Gasteiger partial charge in [-0.3, -0.25) is 5.41 Å². The van der Waals surface area contributed by atoms with Crippen LogP contribution in [0.1, 0.15) is 51.7 Å². The summed E-state index contributed by atoms with van der Waals surface area (Å²) in [4.78, 5) is 18.7. The van der Waals surface area contributed by atoms with E-state index in [2.05, 4.69) is 36.0 Å². The molecule has 0 saturated carbocycles. The van der Waals surface area contributed by atoms with Crippen LogP contribution < -0.4 is 10.6 Å². The number of benzene rings is 1. The van der Waals surface area contributed by atoms with Crippen LogP contribution in [0, 0.1) is 10.8 Å². The van der Waals surface area contributed by atoms with Gasteiger partial charge in [0.1, 0.15) is 5.84 Å². The molecule has 1 fully saturated rings. The quantitative estimate of drug-likeness (QED) is 0.214. The average Bonchev–Trinajstić information content (AvgIpc) is 2.79. The van der Waals surface area contributed by atoms with Crippen LogP contribution in [-0.4, -0.2) is 47.7 Å². The van der Waals surface area contributed by atoms with Crippen LogP contribution in [0.15, 0.2) is 47.6 Å². The second-order valence-electron chi connectivity index (χ2n) is 9.14. The van der Waals surface area contributed by atoms with E-state index in [9.17, 15) is 9.90 Å². The smallest absolute Gasteiger partial charge is 0.355 e. The van der Waals surface area contributed by atoms with Crippen LogP contribution in [-0.2, 0) is 11.3 Å². The van der Waals surface area contributed by atoms with Gasteiger partial charge in [0.25, 0.3) is 0 Å². The molecule has 0 bridgehead atoms. The zero-order chi connectivity index (χ0) is 25.5. The highest BCUT2D eigenvalue weighted by molar-refractivity contribution is 6.41. The average molecular weight is 486 g/mol. The molecule has 2 rings (SSSR count). The molecule has 0 spiro atoms. The van der Waals surface area contributed by atoms with Gasteiger partial charge in [-0.05, 0) is 55.9 Å². The fraction of sp³-hybridized carbons (Fsp3) is 0.423. The minimum atomic E-state index is -1.30. The number of nitrogens with one attached hydrogen (secondary N) is 3. The van der Waals surface area contributed by atoms with Crippen LogP contribution >= 0.6 is 11.6 Å². The zero-order valence-electron chi connectivity index (χ0n) is 20.8. The van der Waals surface area contributed by atoms with E-state index >= 15 is 0 Å². The monoisotopic (exact) mass is 485 g/mol. The van der Waals surface area contributed by atoms with Gasteiger partial charge in [-0.2, -0.15) is 0 Å². The molecule has 1 heterocycles. The molecular formula is C26H36ClN5O2. The number of likely N-dealkylation sites (tertiary alicyclic amines) is 1. The third-order valence-corrected chi connectivity index (χ3v) is 6.25. The summed E-state index contributed by atoms with van der Waals surface area (Å²) < 4.78 is 0. The SMILES string of the molecule is C=C(NC)c1cc(Cl)cc(CN/C(=C/C=C\C)C(=N)C(=O)O)c1N=C(C)N1CCC(C)(C)CC1. The minimum Gasteiger partial charge on any atom is -0.476 e. The molecule has 1 aliphatic heterocycles. The summed E-state index contributed by atoms with van der Waals surface area (Å²) >= 11 is 6.43. The number of aliphatic imine (C=N–C) groups is 1. The number of hydrogen-bond acceptors (Lipinski definition) is 5. The molecule has 8 heteroatoms. The number of rotatable bonds is 9. The number of piperidine rings is 1. The van der Waals surface area contributed by atoms with Gasteiger partial charge < -0.3 is 20.6 Å². The molecule has 34 heavy (non-hydrogen) atoms. The largest absolute Gasteiger partial charge is 0.476 e. The first-order chi connectivity index (χ1) is 16.0. The molecule has 0 unspecified atom stereocenters. The maximum Gasteiger partial charge on any atom is 0.355 e. The third-order valence-electron chi connectivity index (χ3n) is 6.04. The lowest BCUT2D eigenvalue weighted by atomic mass is 9.83. The van der Waals surface area contributed by atoms with E-state index in [0.29, 0.717) is 21.8 Å². The topological polar surface area (TPSA) is 101 Å². The summed E-state index contributed by atoms with van der Waals surface area (Å²) in [6.45, 7) is 14.6. The summed E-state index contributed by atoms with van der Waals surface area (Å²) in [6, 6.07) is 3.63. The van der Waals surface area contributed by atoms with E-state index in [4.69, 9.17) is 22.0 Å². The van der Waals surface area contributed by atoms with Crippen LogP contribution in [0.25, 0.3) is 5.70 Å². The lowest BCUT2D eigenvalue weighted by molar-refractivity contribution is -0.129. The molecule has 1 saturated heterocycles. The van der Waals surface area contributed by atoms with Crippen LogP contribution in [0.3, 0.4) is 0 Å². The molecule has 0 aromatic heterocycles. The van der Waals surface area contributed by atoms with Gasteiger partial charge in [0.2, 0.25) is 0 Å². The van der Waals surface area contributed by atoms with Crippen molar-refractivity contribution in [2.45, 2.75) is 47.1 Å². The number of carbonyl (C=O) groups is 1. The van der Waals surface area contributed by atoms with Crippen LogP contribution in [0.5, 0.6) is 0 Å². The first-order valence-corrected chi connectivity index (χ1v) is 11.8. The predicted molar refractivity (Wildman–Crippen MR) is 142 cm³/mol. The molecule has 0 amide bonds. The highest BCUT2D eigenvalue weighted by atomic mass is 35.5. The van der Waals surface area contributed by atoms with Crippen molar-refractivity contribution >= 4 is 40.5 Å². The van der Waals surface area contributed by atoms with E-state index in [-0.39, 0.29) is 12.2 Å². The number of halogens is 1. The normalized spacial score (nSPS) is 16.5. The number of aliphatic carboxylic acids is 1. The molecule has 184 valence electrons. The van der Waals surface area contributed by atoms with Crippen molar-refractivity contribution in [3.63, 3.8) is 0 Å². The molecule has 4 N–H and O–H groups in total. The van der Waals surface area contributed by atoms with Gasteiger partial charge in [0.05, 0.1) is 11.4 Å². The standard InChI is InChI=1S/C26H36ClN5O2/c1-7-8-9-22(23(28)25(33)34)30-16-19-14-20(27)15-21(17(2)29-6)24(19)31-18(3)32-12-10-26(4,5)11-13-32/h7-9,14-15,28-30H,2,10-13,16H2,1,3-6H3,(H,33,34)/b8-7-,22-9+,28-23?,31-18?. The number of hydrogen-bond donors (Lipinski definition) is 4. The van der Waals surface area contributed by atoms with Crippen molar-refractivity contribution in [2.75, 3.05) is 20.1 Å². The predicted octanol–water partition coefficient (Wildman–Crippen LogP) is 5.36. The number of carboxylic acid groups (broad SMARTS) is 1. The highest BCUT2D eigenvalue weighted by Gasteiger charge is 2.26. The highest BCUT2D eigenvalue weighted by Crippen LogP contribution is 2.34. The lowest BCUT2D eigenvalue weighted by Gasteiger charge is -2.38. The van der Waals surface area contributed by atoms with Crippen molar-refractivity contribution in [2.24, 2.45) is 10.4 Å². The minimum absolute atomic E-state index is 0.199. The number of amidine groups is 1. The molecule has 1 aromatic carbocycles. The summed E-state index contributed by atoms with van der Waals surface area (Å²) in [5.41, 5.74) is 2.96. The van der Waals surface area contributed by atoms with E-state index in [0.717, 1.165) is 42.9 Å². The van der Waals surface area contributed by atoms with Crippen molar-refractivity contribution in [1.29, 1.82) is 5.41 Å². The second kappa shape index (κ2) is 11.9. The molecular weight excluding hydrogens is 450 g/mol.